The second-order valence-corrected chi connectivity index (χ2v) is 5.98. The largest absolute Gasteiger partial charge is 0.361 e. The van der Waals surface area contributed by atoms with E-state index in [4.69, 9.17) is 4.52 Å². The van der Waals surface area contributed by atoms with E-state index in [1.54, 1.807) is 6.92 Å². The van der Waals surface area contributed by atoms with Crippen LogP contribution < -0.4 is 5.32 Å². The summed E-state index contributed by atoms with van der Waals surface area (Å²) in [6.45, 7) is 8.06. The Morgan fingerprint density at radius 3 is 2.55 bits per heavy atom. The summed E-state index contributed by atoms with van der Waals surface area (Å²) in [7, 11) is 0. The Hall–Kier alpha value is -2.10. The van der Waals surface area contributed by atoms with E-state index in [0.717, 1.165) is 12.0 Å². The summed E-state index contributed by atoms with van der Waals surface area (Å²) in [4.78, 5) is 12.7. The summed E-state index contributed by atoms with van der Waals surface area (Å²) in [6, 6.07) is 10.1. The van der Waals surface area contributed by atoms with Crippen molar-refractivity contribution in [2.45, 2.75) is 46.6 Å². The molecule has 1 amide bonds. The van der Waals surface area contributed by atoms with Gasteiger partial charge in [-0.15, -0.1) is 0 Å². The predicted octanol–water partition coefficient (Wildman–Crippen LogP) is 4.06. The molecule has 0 spiro atoms. The van der Waals surface area contributed by atoms with Crippen molar-refractivity contribution in [3.05, 3.63) is 52.9 Å². The van der Waals surface area contributed by atoms with Crippen LogP contribution >= 0.6 is 0 Å². The Morgan fingerprint density at radius 1 is 1.27 bits per heavy atom. The SMILES string of the molecule is CCc1noc(C)c1C(=O)N[C@@H](CC(C)C)c1ccccc1. The zero-order valence-electron chi connectivity index (χ0n) is 13.7. The summed E-state index contributed by atoms with van der Waals surface area (Å²) in [5, 5.41) is 7.10. The summed E-state index contributed by atoms with van der Waals surface area (Å²) < 4.78 is 5.17. The molecule has 1 aromatic heterocycles. The average molecular weight is 300 g/mol. The second-order valence-electron chi connectivity index (χ2n) is 5.98. The fraction of sp³-hybridized carbons (Fsp3) is 0.444. The zero-order chi connectivity index (χ0) is 16.1. The molecule has 0 fully saturated rings. The lowest BCUT2D eigenvalue weighted by Gasteiger charge is -2.21. The van der Waals surface area contributed by atoms with Crippen LogP contribution in [0.15, 0.2) is 34.9 Å². The molecule has 0 saturated heterocycles. The van der Waals surface area contributed by atoms with Gasteiger partial charge in [-0.2, -0.15) is 0 Å². The van der Waals surface area contributed by atoms with Crippen LogP contribution in [0.4, 0.5) is 0 Å². The van der Waals surface area contributed by atoms with Gasteiger partial charge in [0.15, 0.2) is 0 Å². The van der Waals surface area contributed by atoms with Gasteiger partial charge in [0.2, 0.25) is 0 Å². The first-order chi connectivity index (χ1) is 10.5. The standard InChI is InChI=1S/C18H24N2O2/c1-5-15-17(13(4)22-20-15)18(21)19-16(11-12(2)3)14-9-7-6-8-10-14/h6-10,12,16H,5,11H2,1-4H3,(H,19,21)/t16-/m0/s1. The van der Waals surface area contributed by atoms with Crippen LogP contribution in [0.3, 0.4) is 0 Å². The van der Waals surface area contributed by atoms with Gasteiger partial charge in [0, 0.05) is 0 Å². The number of nitrogens with zero attached hydrogens (tertiary/aromatic N) is 1. The van der Waals surface area contributed by atoms with Gasteiger partial charge in [0.1, 0.15) is 11.3 Å². The third-order valence-electron chi connectivity index (χ3n) is 3.71. The summed E-state index contributed by atoms with van der Waals surface area (Å²) in [5.74, 6) is 0.954. The molecule has 1 heterocycles. The minimum Gasteiger partial charge on any atom is -0.361 e. The van der Waals surface area contributed by atoms with E-state index < -0.39 is 0 Å². The maximum absolute atomic E-state index is 12.7. The molecule has 1 aromatic carbocycles. The Labute approximate surface area is 131 Å². The van der Waals surface area contributed by atoms with Gasteiger partial charge in [-0.05, 0) is 31.2 Å². The number of carbonyl (C=O) groups excluding carboxylic acids is 1. The monoisotopic (exact) mass is 300 g/mol. The molecule has 0 bridgehead atoms. The third-order valence-corrected chi connectivity index (χ3v) is 3.71. The first-order valence-electron chi connectivity index (χ1n) is 7.83. The van der Waals surface area contributed by atoms with Crippen molar-refractivity contribution in [3.8, 4) is 0 Å². The molecular weight excluding hydrogens is 276 g/mol. The molecule has 1 atom stereocenters. The molecule has 0 aliphatic rings. The molecule has 118 valence electrons. The highest BCUT2D eigenvalue weighted by atomic mass is 16.5. The van der Waals surface area contributed by atoms with E-state index in [0.29, 0.717) is 29.4 Å². The fourth-order valence-corrected chi connectivity index (χ4v) is 2.62. The smallest absolute Gasteiger partial charge is 0.257 e. The van der Waals surface area contributed by atoms with E-state index in [1.165, 1.54) is 0 Å². The van der Waals surface area contributed by atoms with Gasteiger partial charge in [0.05, 0.1) is 11.7 Å². The number of amides is 1. The van der Waals surface area contributed by atoms with Gasteiger partial charge < -0.3 is 9.84 Å². The van der Waals surface area contributed by atoms with E-state index in [-0.39, 0.29) is 11.9 Å². The molecule has 4 heteroatoms. The van der Waals surface area contributed by atoms with Crippen LogP contribution in [0.5, 0.6) is 0 Å². The highest BCUT2D eigenvalue weighted by molar-refractivity contribution is 5.96. The van der Waals surface area contributed by atoms with Crippen LogP contribution in [-0.2, 0) is 6.42 Å². The molecule has 22 heavy (non-hydrogen) atoms. The van der Waals surface area contributed by atoms with E-state index >= 15 is 0 Å². The van der Waals surface area contributed by atoms with Crippen molar-refractivity contribution in [2.75, 3.05) is 0 Å². The van der Waals surface area contributed by atoms with Gasteiger partial charge in [0.25, 0.3) is 5.91 Å². The molecule has 1 N–H and O–H groups in total. The number of aromatic nitrogens is 1. The molecule has 2 rings (SSSR count). The Bertz CT molecular complexity index is 617. The molecule has 0 unspecified atom stereocenters. The average Bonchev–Trinajstić information content (AvgIpc) is 2.88. The van der Waals surface area contributed by atoms with Crippen molar-refractivity contribution >= 4 is 5.91 Å². The normalized spacial score (nSPS) is 12.4. The topological polar surface area (TPSA) is 55.1 Å². The first-order valence-corrected chi connectivity index (χ1v) is 7.83. The highest BCUT2D eigenvalue weighted by Gasteiger charge is 2.23. The van der Waals surface area contributed by atoms with Crippen molar-refractivity contribution in [1.29, 1.82) is 0 Å². The lowest BCUT2D eigenvalue weighted by Crippen LogP contribution is -2.30. The number of hydrogen-bond acceptors (Lipinski definition) is 3. The summed E-state index contributed by atoms with van der Waals surface area (Å²) in [5.41, 5.74) is 2.41. The first kappa shape index (κ1) is 16.3. The fourth-order valence-electron chi connectivity index (χ4n) is 2.62. The van der Waals surface area contributed by atoms with Gasteiger partial charge in [-0.1, -0.05) is 56.3 Å². The van der Waals surface area contributed by atoms with Gasteiger partial charge in [-0.3, -0.25) is 4.79 Å². The Morgan fingerprint density at radius 2 is 1.95 bits per heavy atom. The lowest BCUT2D eigenvalue weighted by atomic mass is 9.96. The lowest BCUT2D eigenvalue weighted by molar-refractivity contribution is 0.0929. The van der Waals surface area contributed by atoms with Gasteiger partial charge >= 0.3 is 0 Å². The highest BCUT2D eigenvalue weighted by Crippen LogP contribution is 2.23. The van der Waals surface area contributed by atoms with E-state index in [2.05, 4.69) is 36.5 Å². The number of aryl methyl sites for hydroxylation is 2. The Balaban J connectivity index is 2.23. The predicted molar refractivity (Wildman–Crippen MR) is 86.7 cm³/mol. The van der Waals surface area contributed by atoms with Crippen LogP contribution in [0, 0.1) is 12.8 Å². The van der Waals surface area contributed by atoms with Gasteiger partial charge in [-0.25, -0.2) is 0 Å². The quantitative estimate of drug-likeness (QED) is 0.875. The van der Waals surface area contributed by atoms with Crippen molar-refractivity contribution in [3.63, 3.8) is 0 Å². The number of nitrogens with one attached hydrogen (secondary N) is 1. The van der Waals surface area contributed by atoms with Crippen molar-refractivity contribution in [1.82, 2.24) is 10.5 Å². The number of carbonyl (C=O) groups is 1. The molecule has 4 nitrogen and oxygen atoms in total. The second kappa shape index (κ2) is 7.25. The van der Waals surface area contributed by atoms with E-state index in [9.17, 15) is 4.79 Å². The summed E-state index contributed by atoms with van der Waals surface area (Å²) >= 11 is 0. The maximum Gasteiger partial charge on any atom is 0.257 e. The number of hydrogen-bond donors (Lipinski definition) is 1. The minimum absolute atomic E-state index is 0.00675. The van der Waals surface area contributed by atoms with Crippen LogP contribution in [0.25, 0.3) is 0 Å². The number of rotatable bonds is 6. The molecule has 0 radical (unpaired) electrons. The zero-order valence-corrected chi connectivity index (χ0v) is 13.7. The van der Waals surface area contributed by atoms with Crippen LogP contribution in [0.1, 0.15) is 60.6 Å². The molecule has 2 aromatic rings. The molecule has 0 aliphatic heterocycles. The third kappa shape index (κ3) is 3.75. The van der Waals surface area contributed by atoms with Crippen molar-refractivity contribution in [2.24, 2.45) is 5.92 Å². The van der Waals surface area contributed by atoms with Crippen molar-refractivity contribution < 1.29 is 9.32 Å². The van der Waals surface area contributed by atoms with Crippen LogP contribution in [0.2, 0.25) is 0 Å². The maximum atomic E-state index is 12.7. The molecule has 0 aliphatic carbocycles. The molecular formula is C18H24N2O2. The van der Waals surface area contributed by atoms with Crippen LogP contribution in [-0.4, -0.2) is 11.1 Å². The number of benzene rings is 1. The minimum atomic E-state index is -0.106. The Kier molecular flexibility index (Phi) is 5.36. The molecule has 0 saturated carbocycles. The van der Waals surface area contributed by atoms with E-state index in [1.807, 2.05) is 25.1 Å². The summed E-state index contributed by atoms with van der Waals surface area (Å²) in [6.07, 6.45) is 1.57.